The van der Waals surface area contributed by atoms with Crippen molar-refractivity contribution >= 4 is 27.5 Å². The topological polar surface area (TPSA) is 56.2 Å². The monoisotopic (exact) mass is 373 g/mol. The average Bonchev–Trinajstić information content (AvgIpc) is 2.80. The molecule has 0 bridgehead atoms. The third kappa shape index (κ3) is 3.62. The van der Waals surface area contributed by atoms with Crippen LogP contribution in [-0.4, -0.2) is 22.3 Å². The highest BCUT2D eigenvalue weighted by atomic mass is 79.9. The fraction of sp³-hybridized carbons (Fsp3) is 0.286. The minimum absolute atomic E-state index is 0.0867. The number of ether oxygens (including phenoxy) is 1. The number of halogens is 3. The lowest BCUT2D eigenvalue weighted by Gasteiger charge is -2.16. The Bertz CT molecular complexity index is 676. The summed E-state index contributed by atoms with van der Waals surface area (Å²) in [5.74, 6) is -0.472. The fourth-order valence-electron chi connectivity index (χ4n) is 1.91. The number of amides is 1. The van der Waals surface area contributed by atoms with Gasteiger partial charge in [0.1, 0.15) is 11.8 Å². The molecule has 1 amide bonds. The number of rotatable bonds is 5. The highest BCUT2D eigenvalue weighted by molar-refractivity contribution is 9.10. The number of para-hydroxylation sites is 2. The second kappa shape index (κ2) is 6.87. The van der Waals surface area contributed by atoms with Gasteiger partial charge in [0.15, 0.2) is 0 Å². The third-order valence-corrected chi connectivity index (χ3v) is 3.87. The molecule has 8 heteroatoms. The number of carbonyl (C=O) groups excluding carboxylic acids is 1. The van der Waals surface area contributed by atoms with Crippen molar-refractivity contribution in [2.45, 2.75) is 26.5 Å². The van der Waals surface area contributed by atoms with Crippen LogP contribution >= 0.6 is 15.9 Å². The van der Waals surface area contributed by atoms with Gasteiger partial charge >= 0.3 is 6.61 Å². The average molecular weight is 374 g/mol. The fourth-order valence-corrected chi connectivity index (χ4v) is 2.18. The van der Waals surface area contributed by atoms with Crippen molar-refractivity contribution in [2.75, 3.05) is 5.32 Å². The molecule has 0 saturated heterocycles. The first-order valence-corrected chi connectivity index (χ1v) is 7.23. The molecule has 0 spiro atoms. The van der Waals surface area contributed by atoms with Gasteiger partial charge in [-0.05, 0) is 41.9 Å². The number of hydrogen-bond acceptors (Lipinski definition) is 3. The van der Waals surface area contributed by atoms with Crippen molar-refractivity contribution in [2.24, 2.45) is 0 Å². The van der Waals surface area contributed by atoms with Crippen LogP contribution in [0.3, 0.4) is 0 Å². The lowest BCUT2D eigenvalue weighted by Crippen LogP contribution is -2.25. The largest absolute Gasteiger partial charge is 0.433 e. The quantitative estimate of drug-likeness (QED) is 0.867. The maximum Gasteiger partial charge on any atom is 0.387 e. The zero-order valence-corrected chi connectivity index (χ0v) is 13.5. The van der Waals surface area contributed by atoms with Crippen LogP contribution in [0.5, 0.6) is 5.75 Å². The van der Waals surface area contributed by atoms with Crippen LogP contribution < -0.4 is 10.1 Å². The van der Waals surface area contributed by atoms with Crippen molar-refractivity contribution in [1.29, 1.82) is 0 Å². The predicted octanol–water partition coefficient (Wildman–Crippen LogP) is 3.76. The number of nitrogens with one attached hydrogen (secondary N) is 1. The smallest absolute Gasteiger partial charge is 0.387 e. The Morgan fingerprint density at radius 2 is 2.09 bits per heavy atom. The van der Waals surface area contributed by atoms with Crippen molar-refractivity contribution < 1.29 is 18.3 Å². The molecule has 0 aliphatic rings. The summed E-state index contributed by atoms with van der Waals surface area (Å²) in [6.07, 6.45) is 1.59. The van der Waals surface area contributed by atoms with Crippen molar-refractivity contribution in [3.63, 3.8) is 0 Å². The van der Waals surface area contributed by atoms with Gasteiger partial charge in [-0.1, -0.05) is 12.1 Å². The molecular weight excluding hydrogens is 360 g/mol. The van der Waals surface area contributed by atoms with Gasteiger partial charge in [0.05, 0.1) is 22.1 Å². The van der Waals surface area contributed by atoms with E-state index in [-0.39, 0.29) is 17.3 Å². The van der Waals surface area contributed by atoms with Gasteiger partial charge in [-0.25, -0.2) is 0 Å². The van der Waals surface area contributed by atoms with Gasteiger partial charge in [-0.3, -0.25) is 9.48 Å². The van der Waals surface area contributed by atoms with E-state index in [1.807, 2.05) is 6.92 Å². The molecule has 1 aromatic heterocycles. The molecule has 0 saturated carbocycles. The van der Waals surface area contributed by atoms with Crippen LogP contribution in [0.1, 0.15) is 18.7 Å². The third-order valence-electron chi connectivity index (χ3n) is 3.09. The SMILES string of the molecule is Cc1c(Br)cnn1C(C)C(=O)Nc1ccccc1OC(F)F. The summed E-state index contributed by atoms with van der Waals surface area (Å²) in [4.78, 5) is 12.3. The normalized spacial score (nSPS) is 12.3. The summed E-state index contributed by atoms with van der Waals surface area (Å²) < 4.78 is 31.4. The number of carbonyl (C=O) groups is 1. The van der Waals surface area contributed by atoms with E-state index in [0.29, 0.717) is 0 Å². The zero-order chi connectivity index (χ0) is 16.3. The number of hydrogen-bond donors (Lipinski definition) is 1. The van der Waals surface area contributed by atoms with Crippen LogP contribution in [0.25, 0.3) is 0 Å². The van der Waals surface area contributed by atoms with Crippen LogP contribution in [-0.2, 0) is 4.79 Å². The second-order valence-corrected chi connectivity index (χ2v) is 5.42. The molecule has 0 fully saturated rings. The first-order valence-electron chi connectivity index (χ1n) is 6.44. The number of anilines is 1. The second-order valence-electron chi connectivity index (χ2n) is 4.56. The van der Waals surface area contributed by atoms with Crippen LogP contribution in [0.2, 0.25) is 0 Å². The Morgan fingerprint density at radius 3 is 2.68 bits per heavy atom. The lowest BCUT2D eigenvalue weighted by atomic mass is 10.2. The van der Waals surface area contributed by atoms with Crippen molar-refractivity contribution in [3.05, 3.63) is 40.6 Å². The van der Waals surface area contributed by atoms with Crippen molar-refractivity contribution in [3.8, 4) is 5.75 Å². The van der Waals surface area contributed by atoms with Gasteiger partial charge in [-0.15, -0.1) is 0 Å². The molecule has 0 radical (unpaired) electrons. The van der Waals surface area contributed by atoms with E-state index in [4.69, 9.17) is 0 Å². The molecule has 1 heterocycles. The molecule has 1 N–H and O–H groups in total. The molecule has 0 aliphatic carbocycles. The molecule has 118 valence electrons. The van der Waals surface area contributed by atoms with E-state index in [0.717, 1.165) is 10.2 Å². The van der Waals surface area contributed by atoms with E-state index < -0.39 is 12.7 Å². The molecule has 1 unspecified atom stereocenters. The zero-order valence-electron chi connectivity index (χ0n) is 11.9. The molecule has 5 nitrogen and oxygen atoms in total. The van der Waals surface area contributed by atoms with Crippen LogP contribution in [0, 0.1) is 6.92 Å². The standard InChI is InChI=1S/C14H14BrF2N3O2/c1-8-10(15)7-18-20(8)9(2)13(21)19-11-5-3-4-6-12(11)22-14(16)17/h3-7,9,14H,1-2H3,(H,19,21). The molecular formula is C14H14BrF2N3O2. The van der Waals surface area contributed by atoms with Crippen LogP contribution in [0.15, 0.2) is 34.9 Å². The Kier molecular flexibility index (Phi) is 5.12. The maximum atomic E-state index is 12.4. The Labute approximate surface area is 134 Å². The molecule has 1 aromatic carbocycles. The summed E-state index contributed by atoms with van der Waals surface area (Å²) in [6.45, 7) is 0.521. The number of aromatic nitrogens is 2. The van der Waals surface area contributed by atoms with Gasteiger partial charge < -0.3 is 10.1 Å². The maximum absolute atomic E-state index is 12.4. The highest BCUT2D eigenvalue weighted by Crippen LogP contribution is 2.27. The number of alkyl halides is 2. The lowest BCUT2D eigenvalue weighted by molar-refractivity contribution is -0.119. The number of benzene rings is 1. The van der Waals surface area contributed by atoms with E-state index in [2.05, 4.69) is 31.1 Å². The van der Waals surface area contributed by atoms with Gasteiger partial charge in [0, 0.05) is 0 Å². The highest BCUT2D eigenvalue weighted by Gasteiger charge is 2.20. The van der Waals surface area contributed by atoms with E-state index in [1.54, 1.807) is 25.3 Å². The summed E-state index contributed by atoms with van der Waals surface area (Å²) in [6, 6.07) is 5.42. The van der Waals surface area contributed by atoms with Gasteiger partial charge in [0.2, 0.25) is 5.91 Å². The first-order chi connectivity index (χ1) is 10.4. The summed E-state index contributed by atoms with van der Waals surface area (Å²) in [7, 11) is 0. The first kappa shape index (κ1) is 16.4. The van der Waals surface area contributed by atoms with E-state index >= 15 is 0 Å². The van der Waals surface area contributed by atoms with Gasteiger partial charge in [-0.2, -0.15) is 13.9 Å². The summed E-state index contributed by atoms with van der Waals surface area (Å²) >= 11 is 3.32. The van der Waals surface area contributed by atoms with Gasteiger partial charge in [0.25, 0.3) is 0 Å². The minimum atomic E-state index is -2.96. The predicted molar refractivity (Wildman–Crippen MR) is 81.1 cm³/mol. The van der Waals surface area contributed by atoms with Crippen molar-refractivity contribution in [1.82, 2.24) is 9.78 Å². The van der Waals surface area contributed by atoms with Crippen LogP contribution in [0.4, 0.5) is 14.5 Å². The molecule has 2 aromatic rings. The summed E-state index contributed by atoms with van der Waals surface area (Å²) in [5, 5.41) is 6.68. The summed E-state index contributed by atoms with van der Waals surface area (Å²) in [5.41, 5.74) is 0.975. The molecule has 1 atom stereocenters. The Hall–Kier alpha value is -1.96. The van der Waals surface area contributed by atoms with E-state index in [1.165, 1.54) is 16.8 Å². The Morgan fingerprint density at radius 1 is 1.41 bits per heavy atom. The Balaban J connectivity index is 2.17. The molecule has 0 aliphatic heterocycles. The molecule has 2 rings (SSSR count). The number of nitrogens with zero attached hydrogens (tertiary/aromatic N) is 2. The van der Waals surface area contributed by atoms with E-state index in [9.17, 15) is 13.6 Å². The molecule has 22 heavy (non-hydrogen) atoms. The minimum Gasteiger partial charge on any atom is -0.433 e.